The molecule has 1 unspecified atom stereocenters. The Hall–Kier alpha value is -2.75. The van der Waals surface area contributed by atoms with Crippen molar-refractivity contribution in [2.24, 2.45) is 4.99 Å². The molecule has 9 heteroatoms. The van der Waals surface area contributed by atoms with Crippen LogP contribution in [0.5, 0.6) is 0 Å². The molecule has 1 heterocycles. The minimum atomic E-state index is -3.94. The van der Waals surface area contributed by atoms with Gasteiger partial charge in [0, 0.05) is 17.8 Å². The van der Waals surface area contributed by atoms with Crippen LogP contribution in [-0.2, 0) is 15.1 Å². The Morgan fingerprint density at radius 3 is 2.39 bits per heavy atom. The molecule has 0 saturated heterocycles. The highest BCUT2D eigenvalue weighted by Gasteiger charge is 2.29. The zero-order chi connectivity index (χ0) is 20.1. The summed E-state index contributed by atoms with van der Waals surface area (Å²) in [6.07, 6.45) is -1.75. The Morgan fingerprint density at radius 1 is 1.11 bits per heavy atom. The number of hydrogen-bond donors (Lipinski definition) is 3. The molecule has 1 aliphatic rings. The van der Waals surface area contributed by atoms with Crippen molar-refractivity contribution in [3.05, 3.63) is 60.2 Å². The van der Waals surface area contributed by atoms with Crippen LogP contribution in [0.4, 0.5) is 5.69 Å². The van der Waals surface area contributed by atoms with Gasteiger partial charge in [-0.05, 0) is 31.2 Å². The standard InChI is InChI=1S/C19H21N4O4S/c1-13(17(24)18(25)14-5-3-2-4-6-14)23-28(26,27)16-9-7-15(8-10-16)22-19-20-11-12-21-19/h2-10,13,17,23H,11-12H2,1H3,(H2,20,21,22)/t13-,17?/m0/s1. The highest BCUT2D eigenvalue weighted by molar-refractivity contribution is 7.89. The first-order valence-electron chi connectivity index (χ1n) is 8.79. The molecule has 0 fully saturated rings. The number of Topliss-reactive ketones (excluding diaryl/α,β-unsaturated/α-hetero) is 1. The summed E-state index contributed by atoms with van der Waals surface area (Å²) in [5.74, 6) is -0.0174. The minimum Gasteiger partial charge on any atom is -0.354 e. The third-order valence-corrected chi connectivity index (χ3v) is 5.79. The van der Waals surface area contributed by atoms with Gasteiger partial charge in [0.15, 0.2) is 17.8 Å². The summed E-state index contributed by atoms with van der Waals surface area (Å²) >= 11 is 0. The molecule has 1 aliphatic heterocycles. The summed E-state index contributed by atoms with van der Waals surface area (Å²) in [7, 11) is -3.94. The molecule has 3 N–H and O–H groups in total. The van der Waals surface area contributed by atoms with Gasteiger partial charge in [-0.15, -0.1) is 0 Å². The number of hydrogen-bond acceptors (Lipinski definition) is 6. The van der Waals surface area contributed by atoms with Gasteiger partial charge in [0.05, 0.1) is 17.5 Å². The number of anilines is 1. The van der Waals surface area contributed by atoms with Gasteiger partial charge in [-0.25, -0.2) is 18.2 Å². The van der Waals surface area contributed by atoms with E-state index >= 15 is 0 Å². The Balaban J connectivity index is 1.66. The number of guanidine groups is 1. The van der Waals surface area contributed by atoms with E-state index in [0.29, 0.717) is 18.2 Å². The normalized spacial score (nSPS) is 16.0. The van der Waals surface area contributed by atoms with Crippen molar-refractivity contribution in [2.75, 3.05) is 18.4 Å². The molecule has 0 amide bonds. The molecule has 2 aromatic rings. The van der Waals surface area contributed by atoms with E-state index in [9.17, 15) is 18.3 Å². The van der Waals surface area contributed by atoms with E-state index in [2.05, 4.69) is 20.3 Å². The highest BCUT2D eigenvalue weighted by Crippen LogP contribution is 2.16. The predicted molar refractivity (Wildman–Crippen MR) is 105 cm³/mol. The molecule has 8 nitrogen and oxygen atoms in total. The third-order valence-electron chi connectivity index (χ3n) is 4.21. The number of ketones is 1. The Labute approximate surface area is 163 Å². The van der Waals surface area contributed by atoms with Crippen LogP contribution < -0.4 is 15.4 Å². The summed E-state index contributed by atoms with van der Waals surface area (Å²) in [5.41, 5.74) is 0.938. The zero-order valence-corrected chi connectivity index (χ0v) is 16.1. The fourth-order valence-corrected chi connectivity index (χ4v) is 3.95. The number of carbonyl (C=O) groups excluding carboxylic acids is 1. The average molecular weight is 401 g/mol. The number of benzene rings is 2. The van der Waals surface area contributed by atoms with Crippen LogP contribution >= 0.6 is 0 Å². The summed E-state index contributed by atoms with van der Waals surface area (Å²) < 4.78 is 27.4. The molecule has 0 aliphatic carbocycles. The number of nitrogens with zero attached hydrogens (tertiary/aromatic N) is 1. The van der Waals surface area contributed by atoms with Gasteiger partial charge in [-0.2, -0.15) is 0 Å². The van der Waals surface area contributed by atoms with Crippen LogP contribution in [-0.4, -0.2) is 45.4 Å². The first kappa shape index (κ1) is 20.0. The summed E-state index contributed by atoms with van der Waals surface area (Å²) in [6, 6.07) is 13.0. The van der Waals surface area contributed by atoms with Crippen molar-refractivity contribution >= 4 is 27.5 Å². The van der Waals surface area contributed by atoms with Crippen molar-refractivity contribution in [1.29, 1.82) is 0 Å². The maximum atomic E-state index is 12.5. The molecule has 147 valence electrons. The van der Waals surface area contributed by atoms with Gasteiger partial charge in [0.1, 0.15) is 0 Å². The molecule has 0 aromatic heterocycles. The van der Waals surface area contributed by atoms with Gasteiger partial charge < -0.3 is 10.6 Å². The van der Waals surface area contributed by atoms with E-state index < -0.39 is 28.0 Å². The molecule has 0 saturated carbocycles. The lowest BCUT2D eigenvalue weighted by molar-refractivity contribution is 0.0456. The SMILES string of the molecule is C[C@H](NS(=O)(=O)c1ccc(NC2=NCCN2)cc1)C([O])C(=O)c1ccccc1. The predicted octanol–water partition coefficient (Wildman–Crippen LogP) is 1.41. The Morgan fingerprint density at radius 2 is 1.79 bits per heavy atom. The number of rotatable bonds is 7. The van der Waals surface area contributed by atoms with Crippen molar-refractivity contribution in [1.82, 2.24) is 10.0 Å². The lowest BCUT2D eigenvalue weighted by Gasteiger charge is -2.18. The lowest BCUT2D eigenvalue weighted by Crippen LogP contribution is -2.44. The molecule has 28 heavy (non-hydrogen) atoms. The van der Waals surface area contributed by atoms with Crippen LogP contribution in [0, 0.1) is 0 Å². The quantitative estimate of drug-likeness (QED) is 0.606. The van der Waals surface area contributed by atoms with Gasteiger partial charge in [0.25, 0.3) is 0 Å². The molecule has 2 aromatic carbocycles. The van der Waals surface area contributed by atoms with Gasteiger partial charge >= 0.3 is 0 Å². The largest absolute Gasteiger partial charge is 0.354 e. The number of aliphatic imine (C=N–C) groups is 1. The zero-order valence-electron chi connectivity index (χ0n) is 15.3. The smallest absolute Gasteiger partial charge is 0.240 e. The topological polar surface area (TPSA) is 120 Å². The monoisotopic (exact) mass is 401 g/mol. The number of sulfonamides is 1. The summed E-state index contributed by atoms with van der Waals surface area (Å²) in [4.78, 5) is 16.4. The fraction of sp³-hybridized carbons (Fsp3) is 0.263. The maximum Gasteiger partial charge on any atom is 0.240 e. The van der Waals surface area contributed by atoms with Gasteiger partial charge in [-0.3, -0.25) is 9.79 Å². The van der Waals surface area contributed by atoms with Crippen LogP contribution in [0.15, 0.2) is 64.5 Å². The number of carbonyl (C=O) groups is 1. The van der Waals surface area contributed by atoms with E-state index in [0.717, 1.165) is 6.54 Å². The summed E-state index contributed by atoms with van der Waals surface area (Å²) in [5, 5.41) is 18.5. The second-order valence-electron chi connectivity index (χ2n) is 6.37. The average Bonchev–Trinajstić information content (AvgIpc) is 3.20. The van der Waals surface area contributed by atoms with Crippen molar-refractivity contribution in [2.45, 2.75) is 24.0 Å². The lowest BCUT2D eigenvalue weighted by atomic mass is 10.0. The van der Waals surface area contributed by atoms with Crippen LogP contribution in [0.2, 0.25) is 0 Å². The van der Waals surface area contributed by atoms with Crippen molar-refractivity contribution < 1.29 is 18.3 Å². The Bertz CT molecular complexity index is 959. The van der Waals surface area contributed by atoms with E-state index in [4.69, 9.17) is 0 Å². The minimum absolute atomic E-state index is 0.00517. The maximum absolute atomic E-state index is 12.5. The van der Waals surface area contributed by atoms with E-state index in [1.165, 1.54) is 31.2 Å². The molecular weight excluding hydrogens is 380 g/mol. The second-order valence-corrected chi connectivity index (χ2v) is 8.08. The van der Waals surface area contributed by atoms with Crippen molar-refractivity contribution in [3.63, 3.8) is 0 Å². The Kier molecular flexibility index (Phi) is 6.08. The molecule has 1 radical (unpaired) electrons. The molecule has 3 rings (SSSR count). The first-order valence-corrected chi connectivity index (χ1v) is 10.3. The third kappa shape index (κ3) is 4.75. The van der Waals surface area contributed by atoms with E-state index in [1.807, 2.05) is 0 Å². The highest BCUT2D eigenvalue weighted by atomic mass is 32.2. The van der Waals surface area contributed by atoms with Gasteiger partial charge in [-0.1, -0.05) is 30.3 Å². The van der Waals surface area contributed by atoms with Gasteiger partial charge in [0.2, 0.25) is 10.0 Å². The first-order chi connectivity index (χ1) is 13.4. The van der Waals surface area contributed by atoms with Crippen molar-refractivity contribution in [3.8, 4) is 0 Å². The summed E-state index contributed by atoms with van der Waals surface area (Å²) in [6.45, 7) is 2.83. The fourth-order valence-electron chi connectivity index (χ4n) is 2.70. The van der Waals surface area contributed by atoms with Crippen LogP contribution in [0.3, 0.4) is 0 Å². The van der Waals surface area contributed by atoms with E-state index in [1.54, 1.807) is 30.3 Å². The van der Waals surface area contributed by atoms with E-state index in [-0.39, 0.29) is 10.5 Å². The molecular formula is C19H21N4O4S. The molecule has 0 spiro atoms. The van der Waals surface area contributed by atoms with Crippen LogP contribution in [0.1, 0.15) is 17.3 Å². The molecule has 0 bridgehead atoms. The van der Waals surface area contributed by atoms with Crippen LogP contribution in [0.25, 0.3) is 0 Å². The molecule has 2 atom stereocenters. The number of nitrogens with one attached hydrogen (secondary N) is 3. The second kappa shape index (κ2) is 8.51.